The molecule has 100 valence electrons. The molecule has 1 aliphatic rings. The lowest BCUT2D eigenvalue weighted by Crippen LogP contribution is -2.13. The average Bonchev–Trinajstić information content (AvgIpc) is 2.88. The Hall–Kier alpha value is -2.09. The number of imidazole rings is 1. The van der Waals surface area contributed by atoms with Crippen LogP contribution in [0.25, 0.3) is 5.65 Å². The first-order valence-corrected chi connectivity index (χ1v) is 7.33. The summed E-state index contributed by atoms with van der Waals surface area (Å²) in [5.41, 5.74) is 6.56. The number of fused-ring (bicyclic) bond motifs is 3. The molecular formula is C18H18N2. The molecule has 0 spiro atoms. The third-order valence-corrected chi connectivity index (χ3v) is 4.47. The minimum Gasteiger partial charge on any atom is -0.304 e. The Bertz CT molecular complexity index is 756. The number of hydrogen-bond donors (Lipinski definition) is 0. The molecule has 1 atom stereocenters. The molecule has 20 heavy (non-hydrogen) atoms. The first kappa shape index (κ1) is 11.7. The van der Waals surface area contributed by atoms with Crippen LogP contribution in [0.4, 0.5) is 0 Å². The van der Waals surface area contributed by atoms with E-state index in [0.717, 1.165) is 18.5 Å². The van der Waals surface area contributed by atoms with Crippen molar-refractivity contribution < 1.29 is 0 Å². The lowest BCUT2D eigenvalue weighted by molar-refractivity contribution is 0.568. The molecule has 0 radical (unpaired) electrons. The van der Waals surface area contributed by atoms with Crippen LogP contribution >= 0.6 is 0 Å². The van der Waals surface area contributed by atoms with Gasteiger partial charge in [0, 0.05) is 11.9 Å². The molecule has 3 aromatic rings. The van der Waals surface area contributed by atoms with Crippen LogP contribution in [0.15, 0.2) is 48.7 Å². The van der Waals surface area contributed by atoms with Gasteiger partial charge in [0.25, 0.3) is 0 Å². The largest absolute Gasteiger partial charge is 0.304 e. The predicted molar refractivity (Wildman–Crippen MR) is 81.1 cm³/mol. The first-order valence-electron chi connectivity index (χ1n) is 7.33. The molecule has 0 aliphatic heterocycles. The van der Waals surface area contributed by atoms with Gasteiger partial charge in [0.15, 0.2) is 0 Å². The zero-order valence-corrected chi connectivity index (χ0v) is 11.7. The molecule has 2 aromatic heterocycles. The van der Waals surface area contributed by atoms with Crippen LogP contribution in [0, 0.1) is 6.92 Å². The molecule has 0 bridgehead atoms. The maximum atomic E-state index is 4.84. The van der Waals surface area contributed by atoms with Crippen LogP contribution in [0.1, 0.15) is 34.9 Å². The smallest absolute Gasteiger partial charge is 0.140 e. The quantitative estimate of drug-likeness (QED) is 0.650. The molecule has 0 N–H and O–H groups in total. The van der Waals surface area contributed by atoms with Crippen molar-refractivity contribution in [3.8, 4) is 0 Å². The Balaban J connectivity index is 1.79. The Labute approximate surface area is 119 Å². The van der Waals surface area contributed by atoms with E-state index in [9.17, 15) is 0 Å². The fourth-order valence-corrected chi connectivity index (χ4v) is 3.37. The van der Waals surface area contributed by atoms with Gasteiger partial charge in [0.1, 0.15) is 5.65 Å². The highest BCUT2D eigenvalue weighted by molar-refractivity contribution is 5.51. The molecule has 0 saturated heterocycles. The van der Waals surface area contributed by atoms with Crippen LogP contribution in [0.5, 0.6) is 0 Å². The monoisotopic (exact) mass is 262 g/mol. The summed E-state index contributed by atoms with van der Waals surface area (Å²) in [6, 6.07) is 15.1. The van der Waals surface area contributed by atoms with Gasteiger partial charge in [0.2, 0.25) is 0 Å². The van der Waals surface area contributed by atoms with Crippen molar-refractivity contribution in [1.29, 1.82) is 0 Å². The molecule has 2 heteroatoms. The van der Waals surface area contributed by atoms with E-state index < -0.39 is 0 Å². The molecule has 0 saturated carbocycles. The second-order valence-electron chi connectivity index (χ2n) is 5.74. The minimum atomic E-state index is 0.629. The summed E-state index contributed by atoms with van der Waals surface area (Å²) < 4.78 is 2.29. The van der Waals surface area contributed by atoms with Crippen LogP contribution < -0.4 is 0 Å². The highest BCUT2D eigenvalue weighted by Gasteiger charge is 2.24. The number of pyridine rings is 1. The van der Waals surface area contributed by atoms with E-state index in [0.29, 0.717) is 5.92 Å². The van der Waals surface area contributed by atoms with Gasteiger partial charge in [-0.3, -0.25) is 0 Å². The van der Waals surface area contributed by atoms with E-state index in [1.54, 1.807) is 0 Å². The van der Waals surface area contributed by atoms with Crippen LogP contribution in [0.3, 0.4) is 0 Å². The number of aryl methyl sites for hydroxylation is 2. The van der Waals surface area contributed by atoms with Gasteiger partial charge in [-0.1, -0.05) is 36.4 Å². The molecule has 2 nitrogen and oxygen atoms in total. The van der Waals surface area contributed by atoms with Crippen LogP contribution in [0.2, 0.25) is 0 Å². The van der Waals surface area contributed by atoms with Crippen molar-refractivity contribution >= 4 is 5.65 Å². The third kappa shape index (κ3) is 1.75. The van der Waals surface area contributed by atoms with E-state index in [1.165, 1.54) is 28.9 Å². The summed E-state index contributed by atoms with van der Waals surface area (Å²) in [5, 5.41) is 0. The summed E-state index contributed by atoms with van der Waals surface area (Å²) >= 11 is 0. The van der Waals surface area contributed by atoms with E-state index in [2.05, 4.69) is 60.0 Å². The number of benzene rings is 1. The van der Waals surface area contributed by atoms with Crippen molar-refractivity contribution in [2.45, 2.75) is 32.1 Å². The van der Waals surface area contributed by atoms with E-state index in [-0.39, 0.29) is 0 Å². The van der Waals surface area contributed by atoms with Gasteiger partial charge in [0.05, 0.1) is 5.69 Å². The van der Waals surface area contributed by atoms with E-state index in [1.807, 2.05) is 0 Å². The molecule has 4 rings (SSSR count). The second kappa shape index (κ2) is 4.48. The van der Waals surface area contributed by atoms with Crippen molar-refractivity contribution in [3.05, 3.63) is 71.2 Å². The lowest BCUT2D eigenvalue weighted by atomic mass is 9.84. The van der Waals surface area contributed by atoms with Gasteiger partial charge >= 0.3 is 0 Å². The Morgan fingerprint density at radius 1 is 1.10 bits per heavy atom. The highest BCUT2D eigenvalue weighted by Crippen LogP contribution is 2.33. The molecule has 0 fully saturated rings. The number of rotatable bonds is 1. The van der Waals surface area contributed by atoms with Crippen molar-refractivity contribution in [3.63, 3.8) is 0 Å². The third-order valence-electron chi connectivity index (χ3n) is 4.47. The van der Waals surface area contributed by atoms with Gasteiger partial charge in [-0.25, -0.2) is 4.98 Å². The summed E-state index contributed by atoms with van der Waals surface area (Å²) in [7, 11) is 0. The van der Waals surface area contributed by atoms with Crippen LogP contribution in [-0.4, -0.2) is 9.38 Å². The number of hydrogen-bond acceptors (Lipinski definition) is 1. The predicted octanol–water partition coefficient (Wildman–Crippen LogP) is 3.92. The summed E-state index contributed by atoms with van der Waals surface area (Å²) in [6.45, 7) is 2.14. The van der Waals surface area contributed by atoms with Gasteiger partial charge < -0.3 is 4.40 Å². The zero-order valence-electron chi connectivity index (χ0n) is 11.7. The van der Waals surface area contributed by atoms with Crippen LogP contribution in [-0.2, 0) is 12.8 Å². The number of nitrogens with zero attached hydrogens (tertiary/aromatic N) is 2. The molecule has 1 aliphatic carbocycles. The molecule has 2 heterocycles. The molecule has 1 aromatic carbocycles. The summed E-state index contributed by atoms with van der Waals surface area (Å²) in [6.07, 6.45) is 5.56. The maximum absolute atomic E-state index is 4.84. The van der Waals surface area contributed by atoms with Gasteiger partial charge in [-0.2, -0.15) is 0 Å². The van der Waals surface area contributed by atoms with E-state index >= 15 is 0 Å². The standard InChI is InChI=1S/C18H18N2/c1-13-6-5-11-20-17-12-15(14-7-3-2-4-8-14)9-10-16(17)19-18(13)20/h2-8,11,15H,9-10,12H2,1H3. The van der Waals surface area contributed by atoms with Crippen molar-refractivity contribution in [1.82, 2.24) is 9.38 Å². The number of aromatic nitrogens is 2. The minimum absolute atomic E-state index is 0.629. The summed E-state index contributed by atoms with van der Waals surface area (Å²) in [5.74, 6) is 0.629. The maximum Gasteiger partial charge on any atom is 0.140 e. The molecule has 0 amide bonds. The van der Waals surface area contributed by atoms with E-state index in [4.69, 9.17) is 4.98 Å². The lowest BCUT2D eigenvalue weighted by Gasteiger charge is -2.22. The fourth-order valence-electron chi connectivity index (χ4n) is 3.37. The van der Waals surface area contributed by atoms with Crippen molar-refractivity contribution in [2.24, 2.45) is 0 Å². The topological polar surface area (TPSA) is 17.3 Å². The SMILES string of the molecule is Cc1cccn2c3c(nc12)CCC(c1ccccc1)C3. The Morgan fingerprint density at radius 2 is 1.95 bits per heavy atom. The Kier molecular flexibility index (Phi) is 2.62. The van der Waals surface area contributed by atoms with Gasteiger partial charge in [-0.15, -0.1) is 0 Å². The normalized spacial score (nSPS) is 18.1. The fraction of sp³-hybridized carbons (Fsp3) is 0.278. The zero-order chi connectivity index (χ0) is 13.5. The van der Waals surface area contributed by atoms with Gasteiger partial charge in [-0.05, 0) is 49.3 Å². The second-order valence-corrected chi connectivity index (χ2v) is 5.74. The highest BCUT2D eigenvalue weighted by atomic mass is 15.0. The average molecular weight is 262 g/mol. The molecular weight excluding hydrogens is 244 g/mol. The molecule has 1 unspecified atom stereocenters. The Morgan fingerprint density at radius 3 is 2.80 bits per heavy atom. The summed E-state index contributed by atoms with van der Waals surface area (Å²) in [4.78, 5) is 4.84. The van der Waals surface area contributed by atoms with Crippen molar-refractivity contribution in [2.75, 3.05) is 0 Å². The first-order chi connectivity index (χ1) is 9.83.